The first-order valence-corrected chi connectivity index (χ1v) is 19.2. The maximum absolute atomic E-state index is 5.13. The zero-order valence-electron chi connectivity index (χ0n) is 29.8. The fourth-order valence-corrected chi connectivity index (χ4v) is 8.44. The van der Waals surface area contributed by atoms with Crippen LogP contribution in [-0.2, 0) is 0 Å². The van der Waals surface area contributed by atoms with Crippen LogP contribution in [0.5, 0.6) is 0 Å². The summed E-state index contributed by atoms with van der Waals surface area (Å²) >= 11 is 1.80. The number of aromatic nitrogens is 3. The zero-order chi connectivity index (χ0) is 36.6. The molecule has 0 unspecified atom stereocenters. The van der Waals surface area contributed by atoms with E-state index in [2.05, 4.69) is 194 Å². The monoisotopic (exact) mass is 719 g/mol. The van der Waals surface area contributed by atoms with Crippen molar-refractivity contribution in [3.8, 4) is 78.7 Å². The minimum Gasteiger partial charge on any atom is -0.208 e. The maximum atomic E-state index is 5.13. The van der Waals surface area contributed by atoms with Crippen molar-refractivity contribution in [3.63, 3.8) is 0 Å². The summed E-state index contributed by atoms with van der Waals surface area (Å²) in [5.74, 6) is 1.93. The van der Waals surface area contributed by atoms with Crippen molar-refractivity contribution < 1.29 is 0 Å². The Morgan fingerprint density at radius 2 is 0.618 bits per heavy atom. The second kappa shape index (κ2) is 14.1. The van der Waals surface area contributed by atoms with Crippen LogP contribution in [0.2, 0.25) is 0 Å². The van der Waals surface area contributed by atoms with Crippen molar-refractivity contribution in [1.29, 1.82) is 0 Å². The summed E-state index contributed by atoms with van der Waals surface area (Å²) in [7, 11) is 0. The molecule has 258 valence electrons. The van der Waals surface area contributed by atoms with Crippen LogP contribution in [0.25, 0.3) is 98.8 Å². The first-order chi connectivity index (χ1) is 27.2. The summed E-state index contributed by atoms with van der Waals surface area (Å²) < 4.78 is 2.49. The van der Waals surface area contributed by atoms with E-state index in [9.17, 15) is 0 Å². The molecule has 10 rings (SSSR count). The average molecular weight is 720 g/mol. The van der Waals surface area contributed by atoms with Crippen LogP contribution in [0.15, 0.2) is 200 Å². The molecule has 0 radical (unpaired) electrons. The molecule has 0 saturated heterocycles. The van der Waals surface area contributed by atoms with Gasteiger partial charge in [0.15, 0.2) is 17.5 Å². The third kappa shape index (κ3) is 6.50. The van der Waals surface area contributed by atoms with E-state index < -0.39 is 0 Å². The third-order valence-electron chi connectivity index (χ3n) is 10.1. The summed E-state index contributed by atoms with van der Waals surface area (Å²) in [6.07, 6.45) is 0. The molecule has 0 aliphatic heterocycles. The number of rotatable bonds is 7. The zero-order valence-corrected chi connectivity index (χ0v) is 30.6. The van der Waals surface area contributed by atoms with Gasteiger partial charge in [-0.15, -0.1) is 11.3 Å². The highest BCUT2D eigenvalue weighted by Gasteiger charge is 2.16. The van der Waals surface area contributed by atoms with E-state index in [1.165, 1.54) is 42.4 Å². The van der Waals surface area contributed by atoms with Gasteiger partial charge in [-0.2, -0.15) is 0 Å². The summed E-state index contributed by atoms with van der Waals surface area (Å²) in [6, 6.07) is 70.6. The van der Waals surface area contributed by atoms with Gasteiger partial charge in [-0.3, -0.25) is 0 Å². The van der Waals surface area contributed by atoms with E-state index in [1.54, 1.807) is 11.3 Å². The predicted molar refractivity (Wildman–Crippen MR) is 231 cm³/mol. The van der Waals surface area contributed by atoms with Gasteiger partial charge in [0.1, 0.15) is 0 Å². The van der Waals surface area contributed by atoms with Gasteiger partial charge < -0.3 is 0 Å². The number of fused-ring (bicyclic) bond motifs is 3. The van der Waals surface area contributed by atoms with Gasteiger partial charge >= 0.3 is 0 Å². The minimum atomic E-state index is 0.635. The van der Waals surface area contributed by atoms with Gasteiger partial charge in [0.2, 0.25) is 0 Å². The van der Waals surface area contributed by atoms with Crippen molar-refractivity contribution in [1.82, 2.24) is 15.0 Å². The molecule has 2 aromatic heterocycles. The van der Waals surface area contributed by atoms with Gasteiger partial charge in [-0.25, -0.2) is 15.0 Å². The van der Waals surface area contributed by atoms with Crippen LogP contribution in [0.1, 0.15) is 0 Å². The first-order valence-electron chi connectivity index (χ1n) is 18.4. The normalized spacial score (nSPS) is 11.3. The lowest BCUT2D eigenvalue weighted by Gasteiger charge is -2.12. The Hall–Kier alpha value is -7.01. The van der Waals surface area contributed by atoms with E-state index in [0.717, 1.165) is 38.9 Å². The molecular weight excluding hydrogens is 687 g/mol. The molecule has 3 nitrogen and oxygen atoms in total. The van der Waals surface area contributed by atoms with Crippen LogP contribution in [0.4, 0.5) is 0 Å². The highest BCUT2D eigenvalue weighted by atomic mass is 32.1. The van der Waals surface area contributed by atoms with Crippen LogP contribution >= 0.6 is 11.3 Å². The molecule has 0 N–H and O–H groups in total. The molecule has 0 spiro atoms. The van der Waals surface area contributed by atoms with E-state index in [1.807, 2.05) is 6.07 Å². The molecule has 2 heterocycles. The molecule has 8 aromatic carbocycles. The fourth-order valence-electron chi connectivity index (χ4n) is 7.30. The van der Waals surface area contributed by atoms with Crippen LogP contribution < -0.4 is 0 Å². The van der Waals surface area contributed by atoms with Crippen molar-refractivity contribution in [2.75, 3.05) is 0 Å². The van der Waals surface area contributed by atoms with Crippen LogP contribution in [-0.4, -0.2) is 15.0 Å². The summed E-state index contributed by atoms with van der Waals surface area (Å²) in [4.78, 5) is 15.4. The quantitative estimate of drug-likeness (QED) is 0.165. The summed E-state index contributed by atoms with van der Waals surface area (Å²) in [5.41, 5.74) is 12.1. The van der Waals surface area contributed by atoms with Gasteiger partial charge in [0.05, 0.1) is 0 Å². The Bertz CT molecular complexity index is 2900. The number of thiophene rings is 1. The van der Waals surface area contributed by atoms with Crippen LogP contribution in [0.3, 0.4) is 0 Å². The summed E-state index contributed by atoms with van der Waals surface area (Å²) in [5, 5.41) is 2.52. The molecule has 4 heteroatoms. The maximum Gasteiger partial charge on any atom is 0.164 e. The lowest BCUT2D eigenvalue weighted by molar-refractivity contribution is 1.07. The van der Waals surface area contributed by atoms with Crippen molar-refractivity contribution in [2.45, 2.75) is 0 Å². The highest BCUT2D eigenvalue weighted by Crippen LogP contribution is 2.37. The second-order valence-corrected chi connectivity index (χ2v) is 14.8. The lowest BCUT2D eigenvalue weighted by Crippen LogP contribution is -2.00. The highest BCUT2D eigenvalue weighted by molar-refractivity contribution is 7.25. The lowest BCUT2D eigenvalue weighted by atomic mass is 9.93. The standard InChI is InChI=1S/C51H33N3S/c1-4-13-34(14-5-1)39-19-12-20-40(29-39)50-52-49(53-51(54-50)41-27-28-46-45-21-10-11-22-47(45)55-48(46)33-41)38-25-23-37(24-26-38)44-31-42(35-15-6-2-7-16-35)30-43(32-44)36-17-8-3-9-18-36/h1-33H. The molecule has 0 aliphatic rings. The van der Waals surface area contributed by atoms with Crippen molar-refractivity contribution >= 4 is 31.5 Å². The van der Waals surface area contributed by atoms with Gasteiger partial charge in [0.25, 0.3) is 0 Å². The van der Waals surface area contributed by atoms with Gasteiger partial charge in [-0.05, 0) is 80.9 Å². The molecule has 0 aliphatic carbocycles. The Balaban J connectivity index is 1.08. The topological polar surface area (TPSA) is 38.7 Å². The van der Waals surface area contributed by atoms with E-state index in [-0.39, 0.29) is 0 Å². The third-order valence-corrected chi connectivity index (χ3v) is 11.3. The molecule has 0 saturated carbocycles. The molecule has 55 heavy (non-hydrogen) atoms. The van der Waals surface area contributed by atoms with E-state index in [0.29, 0.717) is 17.5 Å². The number of hydrogen-bond donors (Lipinski definition) is 0. The fraction of sp³-hybridized carbons (Fsp3) is 0. The molecule has 0 bridgehead atoms. The number of hydrogen-bond acceptors (Lipinski definition) is 4. The van der Waals surface area contributed by atoms with Crippen molar-refractivity contribution in [2.24, 2.45) is 0 Å². The predicted octanol–water partition coefficient (Wildman–Crippen LogP) is 13.9. The van der Waals surface area contributed by atoms with Crippen LogP contribution in [0, 0.1) is 0 Å². The largest absolute Gasteiger partial charge is 0.208 e. The molecule has 10 aromatic rings. The second-order valence-electron chi connectivity index (χ2n) is 13.7. The minimum absolute atomic E-state index is 0.635. The SMILES string of the molecule is c1ccc(-c2cc(-c3ccccc3)cc(-c3ccc(-c4nc(-c5cccc(-c6ccccc6)c5)nc(-c5ccc6c(c5)sc5ccccc56)n4)cc3)c2)cc1. The molecule has 0 amide bonds. The molecule has 0 atom stereocenters. The number of benzene rings is 8. The Labute approximate surface area is 323 Å². The Kier molecular flexibility index (Phi) is 8.36. The van der Waals surface area contributed by atoms with Gasteiger partial charge in [0, 0.05) is 36.9 Å². The summed E-state index contributed by atoms with van der Waals surface area (Å²) in [6.45, 7) is 0. The average Bonchev–Trinajstić information content (AvgIpc) is 3.65. The number of nitrogens with zero attached hydrogens (tertiary/aromatic N) is 3. The first kappa shape index (κ1) is 32.6. The van der Waals surface area contributed by atoms with Crippen molar-refractivity contribution in [3.05, 3.63) is 200 Å². The smallest absolute Gasteiger partial charge is 0.164 e. The van der Waals surface area contributed by atoms with E-state index in [4.69, 9.17) is 15.0 Å². The Morgan fingerprint density at radius 1 is 0.236 bits per heavy atom. The molecule has 0 fully saturated rings. The molecular formula is C51H33N3S. The van der Waals surface area contributed by atoms with E-state index >= 15 is 0 Å². The Morgan fingerprint density at radius 3 is 1.22 bits per heavy atom. The van der Waals surface area contributed by atoms with Gasteiger partial charge in [-0.1, -0.05) is 164 Å².